The first kappa shape index (κ1) is 15.6. The van der Waals surface area contributed by atoms with Crippen LogP contribution in [0.3, 0.4) is 0 Å². The van der Waals surface area contributed by atoms with Gasteiger partial charge < -0.3 is 14.8 Å². The zero-order valence-electron chi connectivity index (χ0n) is 13.3. The molecule has 9 nitrogen and oxygen atoms in total. The molecule has 4 rings (SSSR count). The molecule has 0 atom stereocenters. The van der Waals surface area contributed by atoms with E-state index in [2.05, 4.69) is 30.4 Å². The van der Waals surface area contributed by atoms with Crippen LogP contribution in [0.5, 0.6) is 0 Å². The van der Waals surface area contributed by atoms with Gasteiger partial charge in [0.05, 0.1) is 29.3 Å². The van der Waals surface area contributed by atoms with Crippen molar-refractivity contribution >= 4 is 16.9 Å². The summed E-state index contributed by atoms with van der Waals surface area (Å²) in [6, 6.07) is 10.5. The van der Waals surface area contributed by atoms with E-state index in [4.69, 9.17) is 4.52 Å². The van der Waals surface area contributed by atoms with Gasteiger partial charge in [-0.05, 0) is 24.3 Å². The largest absolute Gasteiger partial charge is 0.342 e. The van der Waals surface area contributed by atoms with E-state index >= 15 is 0 Å². The minimum Gasteiger partial charge on any atom is -0.342 e. The predicted octanol–water partition coefficient (Wildman–Crippen LogP) is 1.30. The third kappa shape index (κ3) is 3.05. The maximum absolute atomic E-state index is 12.2. The molecule has 0 bridgehead atoms. The molecule has 0 saturated heterocycles. The fraction of sp³-hybridized carbons (Fsp3) is 0.0588. The van der Waals surface area contributed by atoms with E-state index in [1.54, 1.807) is 18.2 Å². The van der Waals surface area contributed by atoms with Gasteiger partial charge in [0.15, 0.2) is 0 Å². The highest BCUT2D eigenvalue weighted by atomic mass is 16.5. The molecule has 1 amide bonds. The third-order valence-electron chi connectivity index (χ3n) is 3.61. The highest BCUT2D eigenvalue weighted by Gasteiger charge is 2.14. The van der Waals surface area contributed by atoms with E-state index in [0.717, 1.165) is 0 Å². The van der Waals surface area contributed by atoms with Crippen LogP contribution in [-0.4, -0.2) is 31.0 Å². The molecule has 9 heteroatoms. The van der Waals surface area contributed by atoms with E-state index in [1.165, 1.54) is 12.4 Å². The van der Waals surface area contributed by atoms with Crippen LogP contribution < -0.4 is 10.9 Å². The lowest BCUT2D eigenvalue weighted by Gasteiger charge is -2.02. The number of carbonyl (C=O) groups is 1. The van der Waals surface area contributed by atoms with Crippen LogP contribution in [0.4, 0.5) is 0 Å². The molecule has 0 spiro atoms. The highest BCUT2D eigenvalue weighted by Crippen LogP contribution is 2.11. The molecule has 3 aromatic heterocycles. The fourth-order valence-electron chi connectivity index (χ4n) is 2.35. The Balaban J connectivity index is 1.47. The average molecular weight is 348 g/mol. The molecule has 2 N–H and O–H groups in total. The van der Waals surface area contributed by atoms with Crippen molar-refractivity contribution in [3.63, 3.8) is 0 Å². The Morgan fingerprint density at radius 2 is 1.96 bits per heavy atom. The Morgan fingerprint density at radius 3 is 2.81 bits per heavy atom. The lowest BCUT2D eigenvalue weighted by molar-refractivity contribution is 0.0941. The quantitative estimate of drug-likeness (QED) is 0.569. The number of fused-ring (bicyclic) bond motifs is 1. The SMILES string of the molecule is O=C(NCc1nc(-c2ccc[nH]c2=O)no1)c1cnc2ccccc2n1. The number of rotatable bonds is 4. The van der Waals surface area contributed by atoms with Gasteiger partial charge in [-0.3, -0.25) is 14.6 Å². The fourth-order valence-corrected chi connectivity index (χ4v) is 2.35. The van der Waals surface area contributed by atoms with Crippen molar-refractivity contribution in [2.75, 3.05) is 0 Å². The predicted molar refractivity (Wildman–Crippen MR) is 91.1 cm³/mol. The minimum absolute atomic E-state index is 0.00504. The first-order valence-corrected chi connectivity index (χ1v) is 7.71. The summed E-state index contributed by atoms with van der Waals surface area (Å²) in [5.41, 5.74) is 1.48. The summed E-state index contributed by atoms with van der Waals surface area (Å²) in [7, 11) is 0. The van der Waals surface area contributed by atoms with Crippen LogP contribution >= 0.6 is 0 Å². The second-order valence-corrected chi connectivity index (χ2v) is 5.35. The molecule has 0 aliphatic rings. The topological polar surface area (TPSA) is 127 Å². The molecule has 0 saturated carbocycles. The van der Waals surface area contributed by atoms with Gasteiger partial charge in [-0.15, -0.1) is 0 Å². The second kappa shape index (κ2) is 6.55. The molecule has 0 unspecified atom stereocenters. The van der Waals surface area contributed by atoms with E-state index in [0.29, 0.717) is 11.0 Å². The van der Waals surface area contributed by atoms with Crippen LogP contribution in [-0.2, 0) is 6.54 Å². The van der Waals surface area contributed by atoms with Crippen molar-refractivity contribution in [3.05, 3.63) is 70.7 Å². The Kier molecular flexibility index (Phi) is 3.94. The van der Waals surface area contributed by atoms with Gasteiger partial charge in [-0.25, -0.2) is 4.98 Å². The molecular formula is C17H12N6O3. The van der Waals surface area contributed by atoms with Gasteiger partial charge in [0.2, 0.25) is 11.7 Å². The van der Waals surface area contributed by atoms with Gasteiger partial charge in [0.1, 0.15) is 5.69 Å². The number of amides is 1. The number of carbonyl (C=O) groups excluding carboxylic acids is 1. The van der Waals surface area contributed by atoms with Crippen LogP contribution in [0.25, 0.3) is 22.4 Å². The van der Waals surface area contributed by atoms with Crippen molar-refractivity contribution in [2.24, 2.45) is 0 Å². The van der Waals surface area contributed by atoms with Crippen LogP contribution in [0, 0.1) is 0 Å². The van der Waals surface area contributed by atoms with Crippen LogP contribution in [0.15, 0.2) is 58.1 Å². The molecule has 0 aliphatic carbocycles. The molecule has 0 fully saturated rings. The number of para-hydroxylation sites is 2. The van der Waals surface area contributed by atoms with E-state index in [9.17, 15) is 9.59 Å². The zero-order chi connectivity index (χ0) is 17.9. The minimum atomic E-state index is -0.416. The van der Waals surface area contributed by atoms with Crippen LogP contribution in [0.1, 0.15) is 16.4 Å². The summed E-state index contributed by atoms with van der Waals surface area (Å²) < 4.78 is 5.07. The summed E-state index contributed by atoms with van der Waals surface area (Å²) in [5, 5.41) is 6.39. The van der Waals surface area contributed by atoms with Gasteiger partial charge in [0.25, 0.3) is 11.5 Å². The van der Waals surface area contributed by atoms with Crippen LogP contribution in [0.2, 0.25) is 0 Å². The number of nitrogens with zero attached hydrogens (tertiary/aromatic N) is 4. The molecule has 4 aromatic rings. The number of nitrogens with one attached hydrogen (secondary N) is 2. The standard InChI is InChI=1S/C17H12N6O3/c24-16-10(4-3-7-18-16)15-22-14(26-23-15)9-20-17(25)13-8-19-11-5-1-2-6-12(11)21-13/h1-8H,9H2,(H,18,24)(H,20,25). The first-order chi connectivity index (χ1) is 12.7. The number of hydrogen-bond donors (Lipinski definition) is 2. The van der Waals surface area contributed by atoms with Crippen molar-refractivity contribution in [1.82, 2.24) is 30.4 Å². The highest BCUT2D eigenvalue weighted by molar-refractivity contribution is 5.93. The van der Waals surface area contributed by atoms with E-state index in [-0.39, 0.29) is 35.1 Å². The molecule has 26 heavy (non-hydrogen) atoms. The normalized spacial score (nSPS) is 10.8. The lowest BCUT2D eigenvalue weighted by atomic mass is 10.3. The number of hydrogen-bond acceptors (Lipinski definition) is 7. The maximum atomic E-state index is 12.2. The van der Waals surface area contributed by atoms with E-state index < -0.39 is 5.91 Å². The monoisotopic (exact) mass is 348 g/mol. The smallest absolute Gasteiger partial charge is 0.271 e. The zero-order valence-corrected chi connectivity index (χ0v) is 13.3. The molecule has 0 radical (unpaired) electrons. The summed E-state index contributed by atoms with van der Waals surface area (Å²) in [6.07, 6.45) is 2.91. The Labute approximate surface area is 146 Å². The number of pyridine rings is 1. The van der Waals surface area contributed by atoms with Gasteiger partial charge in [-0.1, -0.05) is 17.3 Å². The summed E-state index contributed by atoms with van der Waals surface area (Å²) in [6.45, 7) is 0.00504. The summed E-state index contributed by atoms with van der Waals surface area (Å²) >= 11 is 0. The van der Waals surface area contributed by atoms with Crippen molar-refractivity contribution in [3.8, 4) is 11.4 Å². The van der Waals surface area contributed by atoms with Gasteiger partial charge >= 0.3 is 0 Å². The number of benzene rings is 1. The molecule has 128 valence electrons. The van der Waals surface area contributed by atoms with Crippen molar-refractivity contribution in [1.29, 1.82) is 0 Å². The van der Waals surface area contributed by atoms with Gasteiger partial charge in [0, 0.05) is 6.20 Å². The molecular weight excluding hydrogens is 336 g/mol. The molecule has 3 heterocycles. The lowest BCUT2D eigenvalue weighted by Crippen LogP contribution is -2.24. The van der Waals surface area contributed by atoms with Crippen molar-refractivity contribution < 1.29 is 9.32 Å². The Bertz CT molecular complexity index is 1150. The van der Waals surface area contributed by atoms with E-state index in [1.807, 2.05) is 18.2 Å². The molecule has 1 aromatic carbocycles. The number of aromatic amines is 1. The average Bonchev–Trinajstić information content (AvgIpc) is 3.15. The molecule has 0 aliphatic heterocycles. The summed E-state index contributed by atoms with van der Waals surface area (Å²) in [5.74, 6) is -0.0903. The number of aromatic nitrogens is 5. The summed E-state index contributed by atoms with van der Waals surface area (Å²) in [4.78, 5) is 39.1. The maximum Gasteiger partial charge on any atom is 0.271 e. The third-order valence-corrected chi connectivity index (χ3v) is 3.61. The van der Waals surface area contributed by atoms with Crippen molar-refractivity contribution in [2.45, 2.75) is 6.54 Å². The Morgan fingerprint density at radius 1 is 1.12 bits per heavy atom. The second-order valence-electron chi connectivity index (χ2n) is 5.35. The number of H-pyrrole nitrogens is 1. The Hall–Kier alpha value is -3.88. The first-order valence-electron chi connectivity index (χ1n) is 7.71. The van der Waals surface area contributed by atoms with Gasteiger partial charge in [-0.2, -0.15) is 4.98 Å².